The van der Waals surface area contributed by atoms with E-state index in [0.29, 0.717) is 6.61 Å². The lowest BCUT2D eigenvalue weighted by atomic mass is 10.1. The van der Waals surface area contributed by atoms with Gasteiger partial charge in [-0.2, -0.15) is 0 Å². The summed E-state index contributed by atoms with van der Waals surface area (Å²) < 4.78 is 5.64. The van der Waals surface area contributed by atoms with Crippen molar-refractivity contribution >= 4 is 0 Å². The van der Waals surface area contributed by atoms with E-state index in [9.17, 15) is 5.11 Å². The van der Waals surface area contributed by atoms with E-state index in [2.05, 4.69) is 19.1 Å². The van der Waals surface area contributed by atoms with Crippen molar-refractivity contribution in [2.45, 2.75) is 40.2 Å². The fraction of sp³-hybridized carbons (Fsp3) is 0.538. The highest BCUT2D eigenvalue weighted by atomic mass is 16.5. The topological polar surface area (TPSA) is 29.5 Å². The van der Waals surface area contributed by atoms with Gasteiger partial charge in [-0.1, -0.05) is 17.7 Å². The highest BCUT2D eigenvalue weighted by molar-refractivity contribution is 5.42. The van der Waals surface area contributed by atoms with Gasteiger partial charge >= 0.3 is 0 Å². The Labute approximate surface area is 91.9 Å². The third kappa shape index (κ3) is 3.56. The van der Waals surface area contributed by atoms with Crippen molar-refractivity contribution in [3.05, 3.63) is 28.8 Å². The molecule has 84 valence electrons. The van der Waals surface area contributed by atoms with Gasteiger partial charge in [0.25, 0.3) is 0 Å². The summed E-state index contributed by atoms with van der Waals surface area (Å²) in [7, 11) is 0. The Morgan fingerprint density at radius 1 is 1.13 bits per heavy atom. The van der Waals surface area contributed by atoms with Crippen LogP contribution in [0.15, 0.2) is 12.1 Å². The zero-order valence-electron chi connectivity index (χ0n) is 10.2. The van der Waals surface area contributed by atoms with Gasteiger partial charge in [-0.15, -0.1) is 0 Å². The molecule has 0 amide bonds. The average Bonchev–Trinajstić information content (AvgIpc) is 1.99. The van der Waals surface area contributed by atoms with Crippen LogP contribution in [0.1, 0.15) is 30.5 Å². The minimum Gasteiger partial charge on any atom is -0.490 e. The van der Waals surface area contributed by atoms with Gasteiger partial charge in [0.05, 0.1) is 5.60 Å². The van der Waals surface area contributed by atoms with E-state index < -0.39 is 5.60 Å². The predicted octanol–water partition coefficient (Wildman–Crippen LogP) is 2.76. The molecule has 2 nitrogen and oxygen atoms in total. The molecule has 0 unspecified atom stereocenters. The highest BCUT2D eigenvalue weighted by Crippen LogP contribution is 2.25. The Bertz CT molecular complexity index is 325. The van der Waals surface area contributed by atoms with Gasteiger partial charge < -0.3 is 9.84 Å². The van der Waals surface area contributed by atoms with E-state index in [1.807, 2.05) is 13.8 Å². The minimum atomic E-state index is -0.788. The summed E-state index contributed by atoms with van der Waals surface area (Å²) in [6.45, 7) is 9.93. The average molecular weight is 208 g/mol. The van der Waals surface area contributed by atoms with Gasteiger partial charge in [-0.05, 0) is 45.7 Å². The largest absolute Gasteiger partial charge is 0.490 e. The van der Waals surface area contributed by atoms with Crippen LogP contribution in [0.25, 0.3) is 0 Å². The van der Waals surface area contributed by atoms with Gasteiger partial charge in [-0.3, -0.25) is 0 Å². The maximum atomic E-state index is 9.59. The molecule has 1 N–H and O–H groups in total. The second-order valence-electron chi connectivity index (χ2n) is 4.83. The van der Waals surface area contributed by atoms with Crippen LogP contribution >= 0.6 is 0 Å². The maximum Gasteiger partial charge on any atom is 0.125 e. The van der Waals surface area contributed by atoms with Gasteiger partial charge in [0.2, 0.25) is 0 Å². The van der Waals surface area contributed by atoms with Gasteiger partial charge in [0.1, 0.15) is 12.4 Å². The first-order chi connectivity index (χ1) is 6.79. The molecule has 0 heterocycles. The minimum absolute atomic E-state index is 0.317. The smallest absolute Gasteiger partial charge is 0.125 e. The molecular weight excluding hydrogens is 188 g/mol. The molecule has 1 rings (SSSR count). The van der Waals surface area contributed by atoms with E-state index in [0.717, 1.165) is 16.9 Å². The summed E-state index contributed by atoms with van der Waals surface area (Å²) in [6, 6.07) is 4.18. The monoisotopic (exact) mass is 208 g/mol. The van der Waals surface area contributed by atoms with Crippen molar-refractivity contribution in [3.8, 4) is 5.75 Å². The molecule has 0 aliphatic rings. The Hall–Kier alpha value is -1.02. The van der Waals surface area contributed by atoms with E-state index in [4.69, 9.17) is 4.74 Å². The molecule has 0 aliphatic carbocycles. The van der Waals surface area contributed by atoms with Crippen molar-refractivity contribution in [3.63, 3.8) is 0 Å². The second kappa shape index (κ2) is 4.23. The fourth-order valence-electron chi connectivity index (χ4n) is 1.64. The molecular formula is C13H20O2. The van der Waals surface area contributed by atoms with Crippen molar-refractivity contribution in [1.29, 1.82) is 0 Å². The Kier molecular flexibility index (Phi) is 3.40. The van der Waals surface area contributed by atoms with Crippen LogP contribution in [0, 0.1) is 20.8 Å². The van der Waals surface area contributed by atoms with Crippen molar-refractivity contribution < 1.29 is 9.84 Å². The molecule has 1 aromatic carbocycles. The summed E-state index contributed by atoms with van der Waals surface area (Å²) in [5, 5.41) is 9.59. The van der Waals surface area contributed by atoms with Crippen LogP contribution in [0.3, 0.4) is 0 Å². The maximum absolute atomic E-state index is 9.59. The summed E-state index contributed by atoms with van der Waals surface area (Å²) >= 11 is 0. The first-order valence-corrected chi connectivity index (χ1v) is 5.22. The molecule has 0 aliphatic heterocycles. The van der Waals surface area contributed by atoms with Crippen LogP contribution in [0.2, 0.25) is 0 Å². The van der Waals surface area contributed by atoms with Crippen molar-refractivity contribution in [1.82, 2.24) is 0 Å². The van der Waals surface area contributed by atoms with Crippen LogP contribution in [-0.2, 0) is 0 Å². The molecule has 0 radical (unpaired) electrons. The molecule has 2 heteroatoms. The Balaban J connectivity index is 2.86. The third-order valence-electron chi connectivity index (χ3n) is 2.17. The number of ether oxygens (including phenoxy) is 1. The summed E-state index contributed by atoms with van der Waals surface area (Å²) in [4.78, 5) is 0. The Morgan fingerprint density at radius 2 is 1.60 bits per heavy atom. The number of rotatable bonds is 3. The number of aryl methyl sites for hydroxylation is 3. The van der Waals surface area contributed by atoms with E-state index in [-0.39, 0.29) is 0 Å². The van der Waals surface area contributed by atoms with Crippen LogP contribution < -0.4 is 4.74 Å². The van der Waals surface area contributed by atoms with E-state index >= 15 is 0 Å². The molecule has 0 spiro atoms. The van der Waals surface area contributed by atoms with E-state index in [1.165, 1.54) is 5.56 Å². The normalized spacial score (nSPS) is 11.6. The lowest BCUT2D eigenvalue weighted by Gasteiger charge is -2.20. The lowest BCUT2D eigenvalue weighted by molar-refractivity contribution is 0.0280. The zero-order chi connectivity index (χ0) is 11.6. The zero-order valence-corrected chi connectivity index (χ0v) is 10.2. The first kappa shape index (κ1) is 12.1. The standard InChI is InChI=1S/C13H20O2/c1-9-6-10(2)12(11(3)7-9)15-8-13(4,5)14/h6-7,14H,8H2,1-5H3. The van der Waals surface area contributed by atoms with Crippen LogP contribution in [0.5, 0.6) is 5.75 Å². The first-order valence-electron chi connectivity index (χ1n) is 5.22. The molecule has 1 aromatic rings. The molecule has 0 saturated heterocycles. The molecule has 0 atom stereocenters. The third-order valence-corrected chi connectivity index (χ3v) is 2.17. The summed E-state index contributed by atoms with van der Waals surface area (Å²) in [5.74, 6) is 0.891. The molecule has 15 heavy (non-hydrogen) atoms. The van der Waals surface area contributed by atoms with Gasteiger partial charge in [0, 0.05) is 0 Å². The summed E-state index contributed by atoms with van der Waals surface area (Å²) in [6.07, 6.45) is 0. The number of hydrogen-bond acceptors (Lipinski definition) is 2. The molecule has 0 aromatic heterocycles. The van der Waals surface area contributed by atoms with Crippen molar-refractivity contribution in [2.75, 3.05) is 6.61 Å². The number of benzene rings is 1. The lowest BCUT2D eigenvalue weighted by Crippen LogP contribution is -2.28. The second-order valence-corrected chi connectivity index (χ2v) is 4.83. The molecule has 0 fully saturated rings. The quantitative estimate of drug-likeness (QED) is 0.827. The Morgan fingerprint density at radius 3 is 2.00 bits per heavy atom. The van der Waals surface area contributed by atoms with Crippen LogP contribution in [-0.4, -0.2) is 17.3 Å². The SMILES string of the molecule is Cc1cc(C)c(OCC(C)(C)O)c(C)c1. The number of aliphatic hydroxyl groups is 1. The van der Waals surface area contributed by atoms with Gasteiger partial charge in [0.15, 0.2) is 0 Å². The fourth-order valence-corrected chi connectivity index (χ4v) is 1.64. The highest BCUT2D eigenvalue weighted by Gasteiger charge is 2.15. The van der Waals surface area contributed by atoms with E-state index in [1.54, 1.807) is 13.8 Å². The summed E-state index contributed by atoms with van der Waals surface area (Å²) in [5.41, 5.74) is 2.69. The van der Waals surface area contributed by atoms with Gasteiger partial charge in [-0.25, -0.2) is 0 Å². The van der Waals surface area contributed by atoms with Crippen molar-refractivity contribution in [2.24, 2.45) is 0 Å². The number of hydrogen-bond donors (Lipinski definition) is 1. The molecule has 0 bridgehead atoms. The molecule has 0 saturated carbocycles. The predicted molar refractivity (Wildman–Crippen MR) is 62.4 cm³/mol. The van der Waals surface area contributed by atoms with Crippen LogP contribution in [0.4, 0.5) is 0 Å².